The van der Waals surface area contributed by atoms with Gasteiger partial charge < -0.3 is 5.11 Å². The minimum Gasteiger partial charge on any atom is -0.481 e. The molecule has 0 aliphatic heterocycles. The molecule has 1 rings (SSSR count). The number of carboxylic acid groups (broad SMARTS) is 1. The van der Waals surface area contributed by atoms with Gasteiger partial charge in [-0.1, -0.05) is 0 Å². The molecule has 0 heterocycles. The largest absolute Gasteiger partial charge is 0.481 e. The second-order valence-electron chi connectivity index (χ2n) is 3.94. The lowest BCUT2D eigenvalue weighted by atomic mass is 9.93. The SMILES string of the molecule is Cc1c(C)c(C)c(I=O)c(CC(=O)O)c1C. The minimum absolute atomic E-state index is 0.0366. The molecule has 0 atom stereocenters. The highest BCUT2D eigenvalue weighted by molar-refractivity contribution is 14.1. The summed E-state index contributed by atoms with van der Waals surface area (Å²) in [7, 11) is 0. The summed E-state index contributed by atoms with van der Waals surface area (Å²) < 4.78 is 12.1. The maximum absolute atomic E-state index is 11.3. The molecule has 0 amide bonds. The lowest BCUT2D eigenvalue weighted by Crippen LogP contribution is -2.08. The van der Waals surface area contributed by atoms with Gasteiger partial charge in [-0.15, -0.1) is 0 Å². The first kappa shape index (κ1) is 13.3. The van der Waals surface area contributed by atoms with E-state index in [4.69, 9.17) is 5.11 Å². The van der Waals surface area contributed by atoms with E-state index in [0.717, 1.165) is 31.4 Å². The zero-order valence-corrected chi connectivity index (χ0v) is 12.0. The molecule has 1 aromatic rings. The summed E-state index contributed by atoms with van der Waals surface area (Å²) in [5, 5.41) is 8.87. The third-order valence-corrected chi connectivity index (χ3v) is 5.04. The predicted octanol–water partition coefficient (Wildman–Crippen LogP) is 3.03. The predicted molar refractivity (Wildman–Crippen MR) is 70.1 cm³/mol. The summed E-state index contributed by atoms with van der Waals surface area (Å²) in [6, 6.07) is 0. The van der Waals surface area contributed by atoms with Crippen molar-refractivity contribution < 1.29 is 13.0 Å². The molecule has 0 fully saturated rings. The Hall–Kier alpha value is -0.780. The van der Waals surface area contributed by atoms with E-state index in [-0.39, 0.29) is 6.42 Å². The molecule has 88 valence electrons. The van der Waals surface area contributed by atoms with E-state index in [9.17, 15) is 7.86 Å². The highest BCUT2D eigenvalue weighted by Gasteiger charge is 2.17. The molecule has 0 spiro atoms. The van der Waals surface area contributed by atoms with Crippen LogP contribution in [0.25, 0.3) is 0 Å². The Morgan fingerprint density at radius 1 is 1.06 bits per heavy atom. The molecule has 0 saturated heterocycles. The summed E-state index contributed by atoms with van der Waals surface area (Å²) in [6.07, 6.45) is -0.0366. The van der Waals surface area contributed by atoms with Crippen LogP contribution >= 0.6 is 21.2 Å². The van der Waals surface area contributed by atoms with Crippen molar-refractivity contribution in [2.45, 2.75) is 34.1 Å². The fourth-order valence-corrected chi connectivity index (χ4v) is 3.41. The van der Waals surface area contributed by atoms with Gasteiger partial charge in [0.15, 0.2) is 21.2 Å². The number of halogens is 1. The van der Waals surface area contributed by atoms with Crippen LogP contribution in [0.15, 0.2) is 0 Å². The number of hydrogen-bond donors (Lipinski definition) is 1. The molecule has 3 nitrogen and oxygen atoms in total. The van der Waals surface area contributed by atoms with E-state index in [2.05, 4.69) is 0 Å². The number of benzene rings is 1. The quantitative estimate of drug-likeness (QED) is 0.865. The van der Waals surface area contributed by atoms with Crippen molar-refractivity contribution >= 4 is 27.2 Å². The van der Waals surface area contributed by atoms with Crippen LogP contribution in [0.4, 0.5) is 0 Å². The van der Waals surface area contributed by atoms with Crippen molar-refractivity contribution in [3.8, 4) is 0 Å². The van der Waals surface area contributed by atoms with Gasteiger partial charge in [-0.3, -0.25) is 7.86 Å². The van der Waals surface area contributed by atoms with Gasteiger partial charge in [0.2, 0.25) is 0 Å². The van der Waals surface area contributed by atoms with Gasteiger partial charge in [-0.05, 0) is 55.5 Å². The normalized spacial score (nSPS) is 10.5. The summed E-state index contributed by atoms with van der Waals surface area (Å²) in [5.41, 5.74) is 4.93. The van der Waals surface area contributed by atoms with Gasteiger partial charge in [0.05, 0.1) is 9.99 Å². The smallest absolute Gasteiger partial charge is 0.307 e. The van der Waals surface area contributed by atoms with Crippen molar-refractivity contribution in [1.29, 1.82) is 0 Å². The Labute approximate surface area is 106 Å². The molecular weight excluding hydrogens is 319 g/mol. The second-order valence-corrected chi connectivity index (χ2v) is 5.46. The Balaban J connectivity index is 3.57. The highest BCUT2D eigenvalue weighted by atomic mass is 127. The van der Waals surface area contributed by atoms with Crippen molar-refractivity contribution in [1.82, 2.24) is 0 Å². The number of aliphatic carboxylic acids is 1. The first-order valence-electron chi connectivity index (χ1n) is 4.98. The molecule has 0 aliphatic carbocycles. The van der Waals surface area contributed by atoms with Crippen LogP contribution in [0, 0.1) is 31.3 Å². The molecule has 0 aliphatic rings. The monoisotopic (exact) mass is 334 g/mol. The number of carboxylic acids is 1. The minimum atomic E-state index is -1.33. The second kappa shape index (κ2) is 5.03. The van der Waals surface area contributed by atoms with Gasteiger partial charge in [0.25, 0.3) is 0 Å². The third kappa shape index (κ3) is 2.31. The standard InChI is InChI=1S/C12H15IO3/c1-6-7(2)9(4)12(13-16)10(8(6)3)5-11(14)15/h5H2,1-4H3,(H,14,15). The van der Waals surface area contributed by atoms with Crippen molar-refractivity contribution in [2.75, 3.05) is 0 Å². The van der Waals surface area contributed by atoms with E-state index in [1.54, 1.807) is 0 Å². The first-order valence-corrected chi connectivity index (χ1v) is 6.94. The maximum atomic E-state index is 11.3. The van der Waals surface area contributed by atoms with Crippen LogP contribution in [0.1, 0.15) is 27.8 Å². The van der Waals surface area contributed by atoms with Crippen LogP contribution in [0.5, 0.6) is 0 Å². The van der Waals surface area contributed by atoms with Gasteiger partial charge in [-0.25, -0.2) is 0 Å². The zero-order chi connectivity index (χ0) is 12.5. The Kier molecular flexibility index (Phi) is 4.18. The summed E-state index contributed by atoms with van der Waals surface area (Å²) in [4.78, 5) is 10.8. The van der Waals surface area contributed by atoms with E-state index in [0.29, 0.717) is 0 Å². The molecule has 1 N–H and O–H groups in total. The number of rotatable bonds is 3. The molecule has 16 heavy (non-hydrogen) atoms. The van der Waals surface area contributed by atoms with Crippen LogP contribution in [0.2, 0.25) is 0 Å². The fourth-order valence-electron chi connectivity index (χ4n) is 1.81. The molecule has 0 saturated carbocycles. The molecular formula is C12H15IO3. The number of hydrogen-bond acceptors (Lipinski definition) is 2. The van der Waals surface area contributed by atoms with E-state index >= 15 is 0 Å². The Bertz CT molecular complexity index is 464. The molecule has 0 bridgehead atoms. The molecule has 4 heteroatoms. The Morgan fingerprint density at radius 3 is 2.00 bits per heavy atom. The van der Waals surface area contributed by atoms with Crippen LogP contribution in [0.3, 0.4) is 0 Å². The number of carbonyl (C=O) groups is 1. The molecule has 0 aromatic heterocycles. The topological polar surface area (TPSA) is 54.4 Å². The lowest BCUT2D eigenvalue weighted by molar-refractivity contribution is -0.136. The average molecular weight is 334 g/mol. The van der Waals surface area contributed by atoms with Gasteiger partial charge >= 0.3 is 5.97 Å². The van der Waals surface area contributed by atoms with Gasteiger partial charge in [0, 0.05) is 0 Å². The molecule has 1 aromatic carbocycles. The summed E-state index contributed by atoms with van der Waals surface area (Å²) in [6.45, 7) is 7.80. The summed E-state index contributed by atoms with van der Waals surface area (Å²) >= 11 is -1.33. The molecule has 0 radical (unpaired) electrons. The highest BCUT2D eigenvalue weighted by Crippen LogP contribution is 2.30. The maximum Gasteiger partial charge on any atom is 0.307 e. The average Bonchev–Trinajstić information content (AvgIpc) is 2.23. The molecule has 0 unspecified atom stereocenters. The van der Waals surface area contributed by atoms with E-state index in [1.165, 1.54) is 0 Å². The van der Waals surface area contributed by atoms with Crippen molar-refractivity contribution in [3.63, 3.8) is 0 Å². The van der Waals surface area contributed by atoms with Gasteiger partial charge in [-0.2, -0.15) is 0 Å². The summed E-state index contributed by atoms with van der Waals surface area (Å²) in [5.74, 6) is -0.871. The van der Waals surface area contributed by atoms with Crippen LogP contribution in [-0.2, 0) is 14.3 Å². The Morgan fingerprint density at radius 2 is 1.56 bits per heavy atom. The first-order chi connectivity index (χ1) is 7.40. The fraction of sp³-hybridized carbons (Fsp3) is 0.417. The third-order valence-electron chi connectivity index (χ3n) is 3.14. The van der Waals surface area contributed by atoms with Crippen molar-refractivity contribution in [3.05, 3.63) is 31.4 Å². The lowest BCUT2D eigenvalue weighted by Gasteiger charge is -2.15. The van der Waals surface area contributed by atoms with E-state index < -0.39 is 27.2 Å². The zero-order valence-electron chi connectivity index (χ0n) is 9.85. The van der Waals surface area contributed by atoms with E-state index in [1.807, 2.05) is 27.7 Å². The van der Waals surface area contributed by atoms with Gasteiger partial charge in [0.1, 0.15) is 0 Å². The van der Waals surface area contributed by atoms with Crippen LogP contribution in [-0.4, -0.2) is 11.1 Å². The van der Waals surface area contributed by atoms with Crippen molar-refractivity contribution in [2.24, 2.45) is 0 Å². The van der Waals surface area contributed by atoms with Crippen LogP contribution < -0.4 is 0 Å².